The highest BCUT2D eigenvalue weighted by molar-refractivity contribution is 5.72. The van der Waals surface area contributed by atoms with Crippen LogP contribution < -0.4 is 14.8 Å². The van der Waals surface area contributed by atoms with Crippen LogP contribution in [0.1, 0.15) is 63.1 Å². The zero-order valence-electron chi connectivity index (χ0n) is 24.7. The number of ether oxygens (including phenoxy) is 2. The van der Waals surface area contributed by atoms with Gasteiger partial charge in [-0.15, -0.1) is 0 Å². The summed E-state index contributed by atoms with van der Waals surface area (Å²) in [5.41, 5.74) is 3.10. The molecule has 1 saturated heterocycles. The number of carbonyl (C=O) groups excluding carboxylic acids is 1. The summed E-state index contributed by atoms with van der Waals surface area (Å²) in [5, 5.41) is 4.82. The first-order valence-electron chi connectivity index (χ1n) is 14.5. The predicted molar refractivity (Wildman–Crippen MR) is 159 cm³/mol. The Bertz CT molecular complexity index is 1240. The molecule has 4 rings (SSSR count). The lowest BCUT2D eigenvalue weighted by molar-refractivity contribution is -0.194. The minimum absolute atomic E-state index is 0.0933. The quantitative estimate of drug-likeness (QED) is 0.267. The van der Waals surface area contributed by atoms with Gasteiger partial charge < -0.3 is 14.8 Å². The van der Waals surface area contributed by atoms with E-state index >= 15 is 0 Å². The fraction of sp³-hybridized carbons (Fsp3) is 0.441. The lowest BCUT2D eigenvalue weighted by atomic mass is 9.89. The molecule has 1 aliphatic rings. The summed E-state index contributed by atoms with van der Waals surface area (Å²) < 4.78 is 26.4. The van der Waals surface area contributed by atoms with E-state index in [1.165, 1.54) is 24.6 Å². The summed E-state index contributed by atoms with van der Waals surface area (Å²) in [6.07, 6.45) is 2.27. The van der Waals surface area contributed by atoms with Crippen LogP contribution in [0.25, 0.3) is 0 Å². The molecule has 0 radical (unpaired) electrons. The maximum Gasteiger partial charge on any atom is 0.216 e. The summed E-state index contributed by atoms with van der Waals surface area (Å²) in [5.74, 6) is 1.40. The molecule has 220 valence electrons. The number of hydrogen-bond acceptors (Lipinski definition) is 5. The normalized spacial score (nSPS) is 15.3. The van der Waals surface area contributed by atoms with Crippen LogP contribution in [0.15, 0.2) is 72.8 Å². The van der Waals surface area contributed by atoms with Crippen molar-refractivity contribution in [2.75, 3.05) is 26.2 Å². The van der Waals surface area contributed by atoms with Crippen LogP contribution >= 0.6 is 0 Å². The minimum atomic E-state index is -0.352. The van der Waals surface area contributed by atoms with Crippen molar-refractivity contribution in [2.45, 2.75) is 65.6 Å². The standard InChI is InChI=1S/C34H43FN2O4/c1-25(38)36-19-16-29-10-13-30(35)22-32(29)41-33(34(2,3)4)24-40-37-20-17-28(18-21-37)27-11-14-31(15-12-27)39-23-26-8-6-5-7-9-26/h5-15,22,28,33H,16-21,23-24H2,1-4H3,(H,36,38). The maximum absolute atomic E-state index is 14.1. The SMILES string of the molecule is CC(=O)NCCc1ccc(F)cc1OC(CON1CCC(c2ccc(OCc3ccccc3)cc2)CC1)C(C)(C)C. The maximum atomic E-state index is 14.1. The number of nitrogens with one attached hydrogen (secondary N) is 1. The van der Waals surface area contributed by atoms with Crippen LogP contribution in [0.2, 0.25) is 0 Å². The molecular formula is C34H43FN2O4. The van der Waals surface area contributed by atoms with E-state index in [1.807, 2.05) is 23.3 Å². The average molecular weight is 563 g/mol. The van der Waals surface area contributed by atoms with E-state index in [4.69, 9.17) is 14.3 Å². The van der Waals surface area contributed by atoms with Gasteiger partial charge in [0.05, 0.1) is 0 Å². The molecule has 0 aromatic heterocycles. The first-order chi connectivity index (χ1) is 19.7. The molecule has 1 aliphatic heterocycles. The third-order valence-electron chi connectivity index (χ3n) is 7.49. The number of rotatable bonds is 12. The van der Waals surface area contributed by atoms with Crippen LogP contribution in [0.4, 0.5) is 4.39 Å². The van der Waals surface area contributed by atoms with Crippen LogP contribution in [0.5, 0.6) is 11.5 Å². The number of hydroxylamine groups is 2. The summed E-state index contributed by atoms with van der Waals surface area (Å²) in [7, 11) is 0. The Balaban J connectivity index is 1.27. The third kappa shape index (κ3) is 9.58. The van der Waals surface area contributed by atoms with Crippen molar-refractivity contribution in [1.82, 2.24) is 10.4 Å². The van der Waals surface area contributed by atoms with Gasteiger partial charge in [0.25, 0.3) is 0 Å². The van der Waals surface area contributed by atoms with Gasteiger partial charge in [0.2, 0.25) is 5.91 Å². The van der Waals surface area contributed by atoms with Crippen LogP contribution in [0, 0.1) is 11.2 Å². The monoisotopic (exact) mass is 562 g/mol. The highest BCUT2D eigenvalue weighted by Crippen LogP contribution is 2.32. The summed E-state index contributed by atoms with van der Waals surface area (Å²) in [6, 6.07) is 23.2. The molecule has 1 fully saturated rings. The van der Waals surface area contributed by atoms with Gasteiger partial charge >= 0.3 is 0 Å². The number of amides is 1. The van der Waals surface area contributed by atoms with Gasteiger partial charge in [0, 0.05) is 38.0 Å². The van der Waals surface area contributed by atoms with E-state index in [0.717, 1.165) is 42.8 Å². The number of hydrogen-bond donors (Lipinski definition) is 1. The zero-order chi connectivity index (χ0) is 29.2. The molecule has 3 aromatic rings. The van der Waals surface area contributed by atoms with E-state index in [2.05, 4.69) is 62.5 Å². The van der Waals surface area contributed by atoms with Crippen molar-refractivity contribution >= 4 is 5.91 Å². The molecule has 1 heterocycles. The lowest BCUT2D eigenvalue weighted by Crippen LogP contribution is -2.41. The van der Waals surface area contributed by atoms with Gasteiger partial charge in [-0.05, 0) is 60.1 Å². The van der Waals surface area contributed by atoms with E-state index in [-0.39, 0.29) is 23.2 Å². The number of benzene rings is 3. The van der Waals surface area contributed by atoms with Crippen molar-refractivity contribution < 1.29 is 23.5 Å². The largest absolute Gasteiger partial charge is 0.489 e. The second kappa shape index (κ2) is 14.5. The predicted octanol–water partition coefficient (Wildman–Crippen LogP) is 6.69. The second-order valence-electron chi connectivity index (χ2n) is 11.8. The number of carbonyl (C=O) groups is 1. The molecule has 3 aromatic carbocycles. The molecule has 1 N–H and O–H groups in total. The smallest absolute Gasteiger partial charge is 0.216 e. The topological polar surface area (TPSA) is 60.0 Å². The van der Waals surface area contributed by atoms with Gasteiger partial charge in [0.1, 0.15) is 36.6 Å². The minimum Gasteiger partial charge on any atom is -0.489 e. The van der Waals surface area contributed by atoms with Crippen LogP contribution in [0.3, 0.4) is 0 Å². The van der Waals surface area contributed by atoms with Crippen molar-refractivity contribution in [2.24, 2.45) is 5.41 Å². The van der Waals surface area contributed by atoms with Crippen molar-refractivity contribution in [3.63, 3.8) is 0 Å². The van der Waals surface area contributed by atoms with Gasteiger partial charge in [-0.2, -0.15) is 5.06 Å². The molecule has 1 unspecified atom stereocenters. The molecule has 0 saturated carbocycles. The lowest BCUT2D eigenvalue weighted by Gasteiger charge is -2.36. The van der Waals surface area contributed by atoms with Crippen molar-refractivity contribution in [3.05, 3.63) is 95.3 Å². The number of halogens is 1. The fourth-order valence-corrected chi connectivity index (χ4v) is 4.90. The first-order valence-corrected chi connectivity index (χ1v) is 14.5. The van der Waals surface area contributed by atoms with Crippen molar-refractivity contribution in [3.8, 4) is 11.5 Å². The first kappa shape index (κ1) is 30.5. The Morgan fingerprint density at radius 1 is 1.02 bits per heavy atom. The van der Waals surface area contributed by atoms with Gasteiger partial charge in [-0.3, -0.25) is 9.63 Å². The van der Waals surface area contributed by atoms with Crippen molar-refractivity contribution in [1.29, 1.82) is 0 Å². The molecule has 41 heavy (non-hydrogen) atoms. The van der Waals surface area contributed by atoms with E-state index in [0.29, 0.717) is 37.8 Å². The van der Waals surface area contributed by atoms with Crippen LogP contribution in [-0.4, -0.2) is 43.3 Å². The molecule has 0 aliphatic carbocycles. The highest BCUT2D eigenvalue weighted by atomic mass is 19.1. The average Bonchev–Trinajstić information content (AvgIpc) is 2.95. The molecule has 1 atom stereocenters. The Hall–Kier alpha value is -3.42. The summed E-state index contributed by atoms with van der Waals surface area (Å²) in [4.78, 5) is 17.5. The molecule has 7 heteroatoms. The summed E-state index contributed by atoms with van der Waals surface area (Å²) >= 11 is 0. The van der Waals surface area contributed by atoms with E-state index in [9.17, 15) is 9.18 Å². The fourth-order valence-electron chi connectivity index (χ4n) is 4.90. The second-order valence-corrected chi connectivity index (χ2v) is 11.8. The summed E-state index contributed by atoms with van der Waals surface area (Å²) in [6.45, 7) is 10.8. The Morgan fingerprint density at radius 2 is 1.73 bits per heavy atom. The third-order valence-corrected chi connectivity index (χ3v) is 7.49. The molecular weight excluding hydrogens is 519 g/mol. The molecule has 0 bridgehead atoms. The number of piperidine rings is 1. The van der Waals surface area contributed by atoms with Gasteiger partial charge in [0.15, 0.2) is 0 Å². The van der Waals surface area contributed by atoms with E-state index in [1.54, 1.807) is 6.07 Å². The Morgan fingerprint density at radius 3 is 2.39 bits per heavy atom. The Labute approximate surface area is 243 Å². The van der Waals surface area contributed by atoms with Gasteiger partial charge in [-0.25, -0.2) is 4.39 Å². The Kier molecular flexibility index (Phi) is 10.8. The number of nitrogens with zero attached hydrogens (tertiary/aromatic N) is 1. The van der Waals surface area contributed by atoms with Crippen LogP contribution in [-0.2, 0) is 22.7 Å². The van der Waals surface area contributed by atoms with E-state index < -0.39 is 0 Å². The highest BCUT2D eigenvalue weighted by Gasteiger charge is 2.30. The molecule has 0 spiro atoms. The zero-order valence-corrected chi connectivity index (χ0v) is 24.7. The van der Waals surface area contributed by atoms with Gasteiger partial charge in [-0.1, -0.05) is 69.3 Å². The molecule has 6 nitrogen and oxygen atoms in total. The molecule has 1 amide bonds.